The number of carbonyl (C=O) groups is 1. The monoisotopic (exact) mass is 295 g/mol. The summed E-state index contributed by atoms with van der Waals surface area (Å²) in [4.78, 5) is 12.9. The van der Waals surface area contributed by atoms with E-state index in [4.69, 9.17) is 0 Å². The topological polar surface area (TPSA) is 35.6 Å². The van der Waals surface area contributed by atoms with E-state index in [9.17, 15) is 4.79 Å². The molecule has 0 spiro atoms. The van der Waals surface area contributed by atoms with Crippen molar-refractivity contribution in [2.75, 3.05) is 30.4 Å². The van der Waals surface area contributed by atoms with Crippen molar-refractivity contribution in [2.45, 2.75) is 32.7 Å². The van der Waals surface area contributed by atoms with Gasteiger partial charge in [0.05, 0.1) is 11.4 Å². The Kier molecular flexibility index (Phi) is 7.56. The van der Waals surface area contributed by atoms with Gasteiger partial charge in [-0.25, -0.2) is 0 Å². The Balaban J connectivity index is 0.000000956. The fourth-order valence-electron chi connectivity index (χ4n) is 2.44. The Hall–Kier alpha value is -1.12. The molecule has 0 aliphatic carbocycles. The van der Waals surface area contributed by atoms with Crippen molar-refractivity contribution in [3.63, 3.8) is 0 Å². The van der Waals surface area contributed by atoms with Gasteiger partial charge >= 0.3 is 0 Å². The van der Waals surface area contributed by atoms with Gasteiger partial charge in [-0.3, -0.25) is 9.46 Å². The first-order valence-corrected chi connectivity index (χ1v) is 7.75. The molecule has 0 aromatic heterocycles. The number of nitrogens with zero attached hydrogens (tertiary/aromatic N) is 2. The predicted octanol–water partition coefficient (Wildman–Crippen LogP) is 2.97. The van der Waals surface area contributed by atoms with E-state index in [2.05, 4.69) is 37.4 Å². The second kappa shape index (κ2) is 8.93. The van der Waals surface area contributed by atoms with Gasteiger partial charge in [0.2, 0.25) is 6.41 Å². The maximum atomic E-state index is 10.6. The first-order valence-electron chi connectivity index (χ1n) is 7.24. The van der Waals surface area contributed by atoms with Gasteiger partial charge in [0, 0.05) is 26.2 Å². The fourth-order valence-corrected chi connectivity index (χ4v) is 2.73. The molecule has 2 rings (SSSR count). The van der Waals surface area contributed by atoms with Gasteiger partial charge in [-0.05, 0) is 25.0 Å². The summed E-state index contributed by atoms with van der Waals surface area (Å²) in [5.41, 5.74) is 1.97. The summed E-state index contributed by atoms with van der Waals surface area (Å²) in [6, 6.07) is 8.47. The first kappa shape index (κ1) is 16.9. The van der Waals surface area contributed by atoms with Gasteiger partial charge < -0.3 is 10.2 Å². The lowest BCUT2D eigenvalue weighted by Gasteiger charge is -2.36. The maximum Gasteiger partial charge on any atom is 0.211 e. The fraction of sp³-hybridized carbons (Fsp3) is 0.533. The molecule has 1 aromatic rings. The summed E-state index contributed by atoms with van der Waals surface area (Å²) in [5, 5.41) is 2.77. The molecule has 0 radical (unpaired) electrons. The number of piperidine rings is 1. The SMILES string of the molecule is CC.CN(c1ccccc1NC=O)C1CCN(P)CC1. The second-order valence-corrected chi connectivity index (χ2v) is 5.39. The highest BCUT2D eigenvalue weighted by molar-refractivity contribution is 7.13. The van der Waals surface area contributed by atoms with Crippen molar-refractivity contribution in [3.05, 3.63) is 24.3 Å². The van der Waals surface area contributed by atoms with Crippen molar-refractivity contribution in [3.8, 4) is 0 Å². The number of benzene rings is 1. The van der Waals surface area contributed by atoms with E-state index >= 15 is 0 Å². The third kappa shape index (κ3) is 4.46. The molecule has 1 aliphatic rings. The lowest BCUT2D eigenvalue weighted by Crippen LogP contribution is -2.40. The smallest absolute Gasteiger partial charge is 0.211 e. The highest BCUT2D eigenvalue weighted by Gasteiger charge is 2.22. The number of para-hydroxylation sites is 2. The lowest BCUT2D eigenvalue weighted by molar-refractivity contribution is -0.105. The Bertz CT molecular complexity index is 406. The molecular weight excluding hydrogens is 269 g/mol. The minimum atomic E-state index is 0.538. The Morgan fingerprint density at radius 2 is 1.90 bits per heavy atom. The normalized spacial score (nSPS) is 16.0. The number of anilines is 2. The van der Waals surface area contributed by atoms with Crippen LogP contribution in [-0.4, -0.2) is 37.3 Å². The molecular formula is C15H26N3OP. The van der Waals surface area contributed by atoms with Crippen molar-refractivity contribution in [1.82, 2.24) is 4.67 Å². The highest BCUT2D eigenvalue weighted by atomic mass is 31.0. The molecule has 4 nitrogen and oxygen atoms in total. The van der Waals surface area contributed by atoms with E-state index in [-0.39, 0.29) is 0 Å². The third-order valence-electron chi connectivity index (χ3n) is 3.55. The van der Waals surface area contributed by atoms with E-state index in [0.29, 0.717) is 6.04 Å². The van der Waals surface area contributed by atoms with Crippen LogP contribution < -0.4 is 10.2 Å². The third-order valence-corrected chi connectivity index (χ3v) is 4.06. The maximum absolute atomic E-state index is 10.6. The number of carbonyl (C=O) groups excluding carboxylic acids is 1. The van der Waals surface area contributed by atoms with Crippen molar-refractivity contribution >= 4 is 27.2 Å². The lowest BCUT2D eigenvalue weighted by atomic mass is 10.0. The summed E-state index contributed by atoms with van der Waals surface area (Å²) < 4.78 is 2.28. The van der Waals surface area contributed by atoms with Crippen molar-refractivity contribution in [2.24, 2.45) is 0 Å². The molecule has 1 atom stereocenters. The molecule has 1 aromatic carbocycles. The van der Waals surface area contributed by atoms with Crippen LogP contribution >= 0.6 is 9.39 Å². The van der Waals surface area contributed by atoms with E-state index in [1.54, 1.807) is 0 Å². The molecule has 1 heterocycles. The minimum Gasteiger partial charge on any atom is -0.370 e. The van der Waals surface area contributed by atoms with Crippen LogP contribution in [0.4, 0.5) is 11.4 Å². The number of hydrogen-bond donors (Lipinski definition) is 1. The van der Waals surface area contributed by atoms with Crippen LogP contribution in [0.3, 0.4) is 0 Å². The quantitative estimate of drug-likeness (QED) is 0.685. The van der Waals surface area contributed by atoms with Crippen LogP contribution in [0.2, 0.25) is 0 Å². The predicted molar refractivity (Wildman–Crippen MR) is 90.2 cm³/mol. The molecule has 0 bridgehead atoms. The second-order valence-electron chi connectivity index (χ2n) is 4.66. The van der Waals surface area contributed by atoms with Gasteiger partial charge in [0.1, 0.15) is 0 Å². The average Bonchev–Trinajstić information content (AvgIpc) is 2.50. The molecule has 1 aliphatic heterocycles. The Morgan fingerprint density at radius 3 is 2.50 bits per heavy atom. The number of nitrogens with one attached hydrogen (secondary N) is 1. The van der Waals surface area contributed by atoms with E-state index in [1.165, 1.54) is 0 Å². The Labute approximate surface area is 124 Å². The summed E-state index contributed by atoms with van der Waals surface area (Å²) in [5.74, 6) is 0. The highest BCUT2D eigenvalue weighted by Crippen LogP contribution is 2.29. The van der Waals surface area contributed by atoms with Crippen LogP contribution in [0.25, 0.3) is 0 Å². The average molecular weight is 295 g/mol. The van der Waals surface area contributed by atoms with Gasteiger partial charge in [-0.15, -0.1) is 0 Å². The zero-order valence-corrected chi connectivity index (χ0v) is 13.8. The molecule has 0 saturated carbocycles. The van der Waals surface area contributed by atoms with Crippen molar-refractivity contribution in [1.29, 1.82) is 0 Å². The largest absolute Gasteiger partial charge is 0.370 e. The summed E-state index contributed by atoms with van der Waals surface area (Å²) in [6.07, 6.45) is 3.03. The first-order chi connectivity index (χ1) is 9.72. The van der Waals surface area contributed by atoms with E-state index in [1.807, 2.05) is 32.0 Å². The molecule has 1 unspecified atom stereocenters. The Morgan fingerprint density at radius 1 is 1.30 bits per heavy atom. The molecule has 1 N–H and O–H groups in total. The zero-order valence-electron chi connectivity index (χ0n) is 12.7. The molecule has 1 saturated heterocycles. The van der Waals surface area contributed by atoms with Crippen LogP contribution in [0.15, 0.2) is 24.3 Å². The molecule has 112 valence electrons. The van der Waals surface area contributed by atoms with Crippen LogP contribution in [-0.2, 0) is 4.79 Å². The summed E-state index contributed by atoms with van der Waals surface area (Å²) in [7, 11) is 4.87. The van der Waals surface area contributed by atoms with Gasteiger partial charge in [-0.2, -0.15) is 0 Å². The minimum absolute atomic E-state index is 0.538. The van der Waals surface area contributed by atoms with Crippen LogP contribution in [0.5, 0.6) is 0 Å². The number of hydrogen-bond acceptors (Lipinski definition) is 3. The van der Waals surface area contributed by atoms with Crippen LogP contribution in [0.1, 0.15) is 26.7 Å². The van der Waals surface area contributed by atoms with Crippen molar-refractivity contribution < 1.29 is 4.79 Å². The summed E-state index contributed by atoms with van der Waals surface area (Å²) >= 11 is 0. The number of rotatable bonds is 4. The van der Waals surface area contributed by atoms with E-state index in [0.717, 1.165) is 43.7 Å². The van der Waals surface area contributed by atoms with Gasteiger partial charge in [-0.1, -0.05) is 35.4 Å². The number of amides is 1. The zero-order chi connectivity index (χ0) is 15.0. The molecule has 1 fully saturated rings. The van der Waals surface area contributed by atoms with Crippen LogP contribution in [0, 0.1) is 0 Å². The molecule has 20 heavy (non-hydrogen) atoms. The standard InChI is InChI=1S/C13H20N3OP.C2H6/c1-15(11-6-8-16(18)9-7-11)13-5-3-2-4-12(13)14-10-17;1-2/h2-5,10-11H,6-9,18H2,1H3,(H,14,17);1-2H3. The summed E-state index contributed by atoms with van der Waals surface area (Å²) in [6.45, 7) is 6.20. The van der Waals surface area contributed by atoms with Gasteiger partial charge in [0.25, 0.3) is 0 Å². The van der Waals surface area contributed by atoms with E-state index < -0.39 is 0 Å². The molecule has 1 amide bonds. The molecule has 5 heteroatoms. The van der Waals surface area contributed by atoms with Gasteiger partial charge in [0.15, 0.2) is 0 Å².